The van der Waals surface area contributed by atoms with Gasteiger partial charge in [0, 0.05) is 19.1 Å². The van der Waals surface area contributed by atoms with Crippen molar-refractivity contribution in [2.75, 3.05) is 19.7 Å². The van der Waals surface area contributed by atoms with Gasteiger partial charge in [-0.3, -0.25) is 4.79 Å². The number of rotatable bonds is 4. The normalized spacial score (nSPS) is 25.2. The molecule has 0 spiro atoms. The van der Waals surface area contributed by atoms with Crippen molar-refractivity contribution in [3.63, 3.8) is 0 Å². The van der Waals surface area contributed by atoms with Gasteiger partial charge < -0.3 is 15.4 Å². The number of carbonyl (C=O) groups is 1. The van der Waals surface area contributed by atoms with E-state index in [0.29, 0.717) is 12.5 Å². The average molecular weight is 288 g/mol. The number of nitrogens with zero attached hydrogens (tertiary/aromatic N) is 1. The molecule has 4 nitrogen and oxygen atoms in total. The Morgan fingerprint density at radius 3 is 2.71 bits per heavy atom. The molecule has 2 fully saturated rings. The first-order valence-electron chi connectivity index (χ1n) is 7.78. The lowest BCUT2D eigenvalue weighted by Gasteiger charge is -2.17. The fourth-order valence-corrected chi connectivity index (χ4v) is 3.12. The standard InChI is InChI=1S/C17H24N2O2/c1-11-3-6-14(7-12(11)2)21-10-17(20)19-8-15(13-4-5-13)16(18)9-19/h3,6-7,13,15-16H,4-5,8-10,18H2,1-2H3. The molecule has 1 aromatic carbocycles. The summed E-state index contributed by atoms with van der Waals surface area (Å²) in [7, 11) is 0. The van der Waals surface area contributed by atoms with Crippen molar-refractivity contribution >= 4 is 5.91 Å². The monoisotopic (exact) mass is 288 g/mol. The fraction of sp³-hybridized carbons (Fsp3) is 0.588. The van der Waals surface area contributed by atoms with Crippen molar-refractivity contribution in [3.8, 4) is 5.75 Å². The molecule has 0 radical (unpaired) electrons. The Morgan fingerprint density at radius 1 is 1.29 bits per heavy atom. The lowest BCUT2D eigenvalue weighted by molar-refractivity contribution is -0.132. The summed E-state index contributed by atoms with van der Waals surface area (Å²) in [6, 6.07) is 6.05. The second-order valence-corrected chi connectivity index (χ2v) is 6.50. The van der Waals surface area contributed by atoms with Gasteiger partial charge in [-0.05, 0) is 61.8 Å². The molecule has 114 valence electrons. The number of amides is 1. The predicted molar refractivity (Wildman–Crippen MR) is 82.2 cm³/mol. The van der Waals surface area contributed by atoms with Crippen LogP contribution in [0.25, 0.3) is 0 Å². The van der Waals surface area contributed by atoms with E-state index in [9.17, 15) is 4.79 Å². The van der Waals surface area contributed by atoms with Crippen LogP contribution in [-0.2, 0) is 4.79 Å². The third-order valence-electron chi connectivity index (χ3n) is 4.83. The van der Waals surface area contributed by atoms with Gasteiger partial charge in [-0.2, -0.15) is 0 Å². The van der Waals surface area contributed by atoms with Crippen LogP contribution in [-0.4, -0.2) is 36.5 Å². The van der Waals surface area contributed by atoms with Gasteiger partial charge in [-0.1, -0.05) is 6.07 Å². The van der Waals surface area contributed by atoms with Gasteiger partial charge >= 0.3 is 0 Å². The first kappa shape index (κ1) is 14.4. The van der Waals surface area contributed by atoms with E-state index in [2.05, 4.69) is 6.92 Å². The van der Waals surface area contributed by atoms with Crippen LogP contribution in [0, 0.1) is 25.7 Å². The van der Waals surface area contributed by atoms with Gasteiger partial charge in [0.05, 0.1) is 0 Å². The Labute approximate surface area is 126 Å². The number of aryl methyl sites for hydroxylation is 2. The van der Waals surface area contributed by atoms with E-state index < -0.39 is 0 Å². The minimum Gasteiger partial charge on any atom is -0.484 e. The van der Waals surface area contributed by atoms with Crippen molar-refractivity contribution in [2.45, 2.75) is 32.7 Å². The van der Waals surface area contributed by atoms with E-state index >= 15 is 0 Å². The first-order valence-corrected chi connectivity index (χ1v) is 7.78. The fourth-order valence-electron chi connectivity index (χ4n) is 3.12. The summed E-state index contributed by atoms with van der Waals surface area (Å²) < 4.78 is 5.63. The summed E-state index contributed by atoms with van der Waals surface area (Å²) in [6.07, 6.45) is 2.55. The zero-order valence-corrected chi connectivity index (χ0v) is 12.8. The highest BCUT2D eigenvalue weighted by atomic mass is 16.5. The van der Waals surface area contributed by atoms with E-state index in [1.54, 1.807) is 0 Å². The lowest BCUT2D eigenvalue weighted by Crippen LogP contribution is -2.35. The van der Waals surface area contributed by atoms with E-state index in [-0.39, 0.29) is 18.6 Å². The smallest absolute Gasteiger partial charge is 0.260 e. The molecule has 2 N–H and O–H groups in total. The Kier molecular flexibility index (Phi) is 3.89. The quantitative estimate of drug-likeness (QED) is 0.920. The van der Waals surface area contributed by atoms with Crippen LogP contribution in [0.3, 0.4) is 0 Å². The third kappa shape index (κ3) is 3.21. The largest absolute Gasteiger partial charge is 0.484 e. The maximum Gasteiger partial charge on any atom is 0.260 e. The van der Waals surface area contributed by atoms with Gasteiger partial charge in [-0.25, -0.2) is 0 Å². The number of nitrogens with two attached hydrogens (primary N) is 1. The van der Waals surface area contributed by atoms with Gasteiger partial charge in [0.2, 0.25) is 0 Å². The number of hydrogen-bond acceptors (Lipinski definition) is 3. The Bertz CT molecular complexity index is 540. The topological polar surface area (TPSA) is 55.6 Å². The van der Waals surface area contributed by atoms with Crippen molar-refractivity contribution in [1.29, 1.82) is 0 Å². The van der Waals surface area contributed by atoms with Gasteiger partial charge in [0.15, 0.2) is 6.61 Å². The number of hydrogen-bond donors (Lipinski definition) is 1. The van der Waals surface area contributed by atoms with Gasteiger partial charge in [0.25, 0.3) is 5.91 Å². The summed E-state index contributed by atoms with van der Waals surface area (Å²) in [5.74, 6) is 2.05. The zero-order chi connectivity index (χ0) is 15.0. The van der Waals surface area contributed by atoms with Crippen LogP contribution in [0.4, 0.5) is 0 Å². The van der Waals surface area contributed by atoms with Crippen LogP contribution in [0.1, 0.15) is 24.0 Å². The molecule has 1 heterocycles. The maximum absolute atomic E-state index is 12.2. The van der Waals surface area contributed by atoms with E-state index in [1.807, 2.05) is 30.0 Å². The molecule has 21 heavy (non-hydrogen) atoms. The Morgan fingerprint density at radius 2 is 2.05 bits per heavy atom. The molecule has 1 saturated heterocycles. The van der Waals surface area contributed by atoms with Crippen molar-refractivity contribution < 1.29 is 9.53 Å². The molecule has 2 unspecified atom stereocenters. The molecular weight excluding hydrogens is 264 g/mol. The van der Waals surface area contributed by atoms with Crippen LogP contribution < -0.4 is 10.5 Å². The molecule has 0 aromatic heterocycles. The molecule has 4 heteroatoms. The average Bonchev–Trinajstić information content (AvgIpc) is 3.22. The van der Waals surface area contributed by atoms with E-state index in [4.69, 9.17) is 10.5 Å². The summed E-state index contributed by atoms with van der Waals surface area (Å²) >= 11 is 0. The molecule has 1 saturated carbocycles. The summed E-state index contributed by atoms with van der Waals surface area (Å²) in [6.45, 7) is 5.70. The number of likely N-dealkylation sites (tertiary alicyclic amines) is 1. The molecule has 1 amide bonds. The van der Waals surface area contributed by atoms with E-state index in [1.165, 1.54) is 24.0 Å². The van der Waals surface area contributed by atoms with Crippen molar-refractivity contribution in [3.05, 3.63) is 29.3 Å². The summed E-state index contributed by atoms with van der Waals surface area (Å²) in [4.78, 5) is 14.1. The number of benzene rings is 1. The molecule has 2 atom stereocenters. The molecule has 1 aromatic rings. The van der Waals surface area contributed by atoms with Gasteiger partial charge in [0.1, 0.15) is 5.75 Å². The Hall–Kier alpha value is -1.55. The SMILES string of the molecule is Cc1ccc(OCC(=O)N2CC(N)C(C3CC3)C2)cc1C. The van der Waals surface area contributed by atoms with Crippen LogP contribution in [0.5, 0.6) is 5.75 Å². The second kappa shape index (κ2) is 5.68. The minimum atomic E-state index is 0.0480. The molecule has 1 aliphatic heterocycles. The number of carbonyl (C=O) groups excluding carboxylic acids is 1. The third-order valence-corrected chi connectivity index (χ3v) is 4.83. The van der Waals surface area contributed by atoms with Crippen molar-refractivity contribution in [1.82, 2.24) is 4.90 Å². The zero-order valence-electron chi connectivity index (χ0n) is 12.8. The molecule has 0 bridgehead atoms. The van der Waals surface area contributed by atoms with Crippen LogP contribution >= 0.6 is 0 Å². The first-order chi connectivity index (χ1) is 10.0. The Balaban J connectivity index is 1.53. The highest BCUT2D eigenvalue weighted by Gasteiger charge is 2.42. The number of ether oxygens (including phenoxy) is 1. The predicted octanol–water partition coefficient (Wildman–Crippen LogP) is 1.88. The molecule has 2 aliphatic rings. The lowest BCUT2D eigenvalue weighted by atomic mass is 9.99. The van der Waals surface area contributed by atoms with Gasteiger partial charge in [-0.15, -0.1) is 0 Å². The minimum absolute atomic E-state index is 0.0480. The van der Waals surface area contributed by atoms with Crippen molar-refractivity contribution in [2.24, 2.45) is 17.6 Å². The second-order valence-electron chi connectivity index (χ2n) is 6.50. The van der Waals surface area contributed by atoms with Crippen LogP contribution in [0.2, 0.25) is 0 Å². The molecular formula is C17H24N2O2. The maximum atomic E-state index is 12.2. The summed E-state index contributed by atoms with van der Waals surface area (Å²) in [5.41, 5.74) is 8.56. The molecule has 3 rings (SSSR count). The highest BCUT2D eigenvalue weighted by molar-refractivity contribution is 5.78. The molecule has 1 aliphatic carbocycles. The van der Waals surface area contributed by atoms with Crippen LogP contribution in [0.15, 0.2) is 18.2 Å². The van der Waals surface area contributed by atoms with E-state index in [0.717, 1.165) is 18.2 Å². The summed E-state index contributed by atoms with van der Waals surface area (Å²) in [5, 5.41) is 0. The highest BCUT2D eigenvalue weighted by Crippen LogP contribution is 2.40.